The molecule has 0 aromatic heterocycles. The number of halogens is 2. The van der Waals surface area contributed by atoms with Crippen LogP contribution >= 0.6 is 23.2 Å². The summed E-state index contributed by atoms with van der Waals surface area (Å²) in [4.78, 5) is 137. The van der Waals surface area contributed by atoms with Crippen molar-refractivity contribution in [1.82, 2.24) is 47.9 Å². The topological polar surface area (TPSA) is 508 Å². The van der Waals surface area contributed by atoms with E-state index in [4.69, 9.17) is 52.6 Å². The third-order valence-electron chi connectivity index (χ3n) is 22.0. The molecule has 10 aliphatic rings. The number of carbonyl (C=O) groups is 9. The van der Waals surface area contributed by atoms with E-state index in [-0.39, 0.29) is 90.8 Å². The number of methoxy groups -OCH3 is 1. The first kappa shape index (κ1) is 81.6. The monoisotopic (exact) mass is 1610 g/mol. The number of hydrogen-bond acceptors (Lipinski definition) is 24. The Kier molecular flexibility index (Phi) is 24.6. The number of anilines is 1. The van der Waals surface area contributed by atoms with Gasteiger partial charge < -0.3 is 118 Å². The van der Waals surface area contributed by atoms with Gasteiger partial charge in [0.25, 0.3) is 0 Å². The first-order valence-electron chi connectivity index (χ1n) is 37.4. The standard InChI is InChI=1S/C79H89Cl2N11O22/c1-32(2)17-48(83-3)71(102)91-63-65(97)37-8-13-52(46(80)24-37)111-54-26-41-27-55(70(54)114-78-69(101)68(100)67(99)56(31-82)113-78)112-53-14-9-38(25-47(53)81)66(98)64-77(108)90-62(75(106)87-59-39-19-34-18-35(21-39)22-40(59)20-34)45-28-43(93)29-51(95)58(45)44-23-36(7-12-50(44)94)60(73(104)92-64)89-74(105)61(41)88-72(103)49(85-76(63)107)30-57(96)86-79(109)84-42-10-5-33(6-11-42)15-16-110-4/h5-14,23-29,32,34-35,39-40,48-49,56,59-69,78,83,93-95,97-101H,15-22,30-31,82H2,1-4H3,(H,85,107)(H,87,106)(H,88,103)(H,89,105)(H,90,108)(H,91,102)(H,92,104)(H2,84,86,96,109)/t34?,35?,39?,40?,48-,49+,56-,59?,60-,61-,62+,63-,64+,65-,66-,67-,68+,69-,78+/m1/s1. The quantitative estimate of drug-likeness (QED) is 0.0656. The number of ether oxygens (including phenoxy) is 5. The molecule has 0 unspecified atom stereocenters. The molecule has 114 heavy (non-hydrogen) atoms. The van der Waals surface area contributed by atoms with Gasteiger partial charge in [0, 0.05) is 42.6 Å². The molecule has 15 bridgehead atoms. The lowest BCUT2D eigenvalue weighted by Gasteiger charge is -2.54. The number of aliphatic hydroxyl groups excluding tert-OH is 5. The predicted molar refractivity (Wildman–Crippen MR) is 406 cm³/mol. The molecule has 33 nitrogen and oxygen atoms in total. The zero-order valence-electron chi connectivity index (χ0n) is 62.1. The summed E-state index contributed by atoms with van der Waals surface area (Å²) in [7, 11) is 3.01. The molecule has 20 N–H and O–H groups in total. The molecule has 606 valence electrons. The van der Waals surface area contributed by atoms with Crippen molar-refractivity contribution in [3.63, 3.8) is 0 Å². The van der Waals surface area contributed by atoms with Gasteiger partial charge in [-0.1, -0.05) is 67.4 Å². The van der Waals surface area contributed by atoms with Crippen LogP contribution in [0.3, 0.4) is 0 Å². The maximum Gasteiger partial charge on any atom is 0.325 e. The van der Waals surface area contributed by atoms with Crippen LogP contribution in [0.4, 0.5) is 10.5 Å². The molecule has 6 heterocycles. The number of phenols is 3. The fraction of sp³-hybridized carbons (Fsp3) is 0.430. The number of nitrogens with two attached hydrogens (primary N) is 1. The Labute approximate surface area is 662 Å². The predicted octanol–water partition coefficient (Wildman–Crippen LogP) is 3.74. The highest BCUT2D eigenvalue weighted by Crippen LogP contribution is 2.55. The number of likely N-dealkylation sites (N-methyl/N-ethyl adjacent to an activating group) is 1. The molecule has 4 saturated carbocycles. The second-order valence-electron chi connectivity index (χ2n) is 30.3. The lowest BCUT2D eigenvalue weighted by atomic mass is 9.54. The van der Waals surface area contributed by atoms with E-state index in [1.807, 2.05) is 13.8 Å². The van der Waals surface area contributed by atoms with Crippen molar-refractivity contribution in [1.29, 1.82) is 0 Å². The van der Waals surface area contributed by atoms with Crippen LogP contribution < -0.4 is 73.1 Å². The molecule has 0 radical (unpaired) electrons. The summed E-state index contributed by atoms with van der Waals surface area (Å²) in [5, 5.41) is 120. The van der Waals surface area contributed by atoms with Gasteiger partial charge in [0.1, 0.15) is 102 Å². The Balaban J connectivity index is 0.991. The number of nitrogens with one attached hydrogen (secondary N) is 10. The molecule has 14 atom stereocenters. The maximum absolute atomic E-state index is 16.4. The van der Waals surface area contributed by atoms with Gasteiger partial charge in [-0.3, -0.25) is 43.7 Å². The number of imide groups is 1. The van der Waals surface area contributed by atoms with Crippen LogP contribution in [0.15, 0.2) is 103 Å². The van der Waals surface area contributed by atoms with E-state index in [0.29, 0.717) is 24.9 Å². The van der Waals surface area contributed by atoms with E-state index in [9.17, 15) is 55.2 Å². The number of amides is 10. The third-order valence-corrected chi connectivity index (χ3v) is 22.6. The van der Waals surface area contributed by atoms with Gasteiger partial charge in [-0.25, -0.2) is 4.79 Å². The number of hydrogen-bond donors (Lipinski definition) is 19. The van der Waals surface area contributed by atoms with E-state index >= 15 is 28.8 Å². The molecule has 0 spiro atoms. The lowest BCUT2D eigenvalue weighted by molar-refractivity contribution is -0.270. The molecule has 5 fully saturated rings. The van der Waals surface area contributed by atoms with Crippen LogP contribution in [0, 0.1) is 29.6 Å². The normalized spacial score (nSPS) is 28.0. The number of rotatable bonds is 16. The van der Waals surface area contributed by atoms with Crippen molar-refractivity contribution in [3.05, 3.63) is 147 Å². The van der Waals surface area contributed by atoms with Crippen LogP contribution in [0.1, 0.15) is 123 Å². The highest BCUT2D eigenvalue weighted by atomic mass is 35.5. The number of aliphatic hydroxyl groups is 5. The van der Waals surface area contributed by atoms with E-state index in [0.717, 1.165) is 92.3 Å². The molecule has 4 aliphatic carbocycles. The number of fused-ring (bicyclic) bond motifs is 15. The van der Waals surface area contributed by atoms with Crippen molar-refractivity contribution in [2.24, 2.45) is 35.3 Å². The highest BCUT2D eigenvalue weighted by molar-refractivity contribution is 6.32. The third kappa shape index (κ3) is 17.5. The largest absolute Gasteiger partial charge is 0.508 e. The van der Waals surface area contributed by atoms with Crippen LogP contribution in [0.25, 0.3) is 11.1 Å². The molecule has 6 aromatic carbocycles. The number of urea groups is 1. The number of carbonyl (C=O) groups excluding carboxylic acids is 9. The first-order chi connectivity index (χ1) is 54.4. The zero-order valence-corrected chi connectivity index (χ0v) is 63.6. The van der Waals surface area contributed by atoms with Crippen LogP contribution in [0.5, 0.6) is 46.0 Å². The van der Waals surface area contributed by atoms with Crippen molar-refractivity contribution in [3.8, 4) is 57.1 Å². The molecule has 35 heteroatoms. The SMILES string of the molecule is CN[C@H](CC(C)C)C(=O)N[C@H]1C(=O)N[C@@H](CC(=O)NC(=O)Nc2ccc(CCOC)cc2)C(=O)N[C@H]2C(=O)N[C@H]3C(=O)N[C@H](C(=O)N[C@H](C(=O)NC4C5CC6CC(C5)CC4C6)c4cc(O)cc(O)c4-c4cc3ccc4O)[C@H](O)c3ccc(c(Cl)c3)Oc3cc2cc(c3O[C@@H]2O[C@H](CN)[C@@H](O)[C@H](O)[C@H]2O)Oc2ccc(cc2Cl)[C@H]1O. The Morgan fingerprint density at radius 3 is 1.86 bits per heavy atom. The summed E-state index contributed by atoms with van der Waals surface area (Å²) in [5.74, 6) is -13.3. The van der Waals surface area contributed by atoms with Crippen molar-refractivity contribution in [2.45, 2.75) is 156 Å². The van der Waals surface area contributed by atoms with E-state index in [2.05, 4.69) is 53.2 Å². The second-order valence-corrected chi connectivity index (χ2v) is 31.1. The van der Waals surface area contributed by atoms with E-state index in [1.54, 1.807) is 24.3 Å². The number of benzene rings is 6. The zero-order chi connectivity index (χ0) is 81.4. The van der Waals surface area contributed by atoms with E-state index < -0.39 is 192 Å². The maximum atomic E-state index is 16.4. The average molecular weight is 1620 g/mol. The van der Waals surface area contributed by atoms with Gasteiger partial charge in [-0.2, -0.15) is 0 Å². The van der Waals surface area contributed by atoms with Gasteiger partial charge >= 0.3 is 6.03 Å². The minimum Gasteiger partial charge on any atom is -0.508 e. The molecular formula is C79H89Cl2N11O22. The minimum absolute atomic E-state index is 0.0710. The molecule has 1 saturated heterocycles. The molecule has 6 aliphatic heterocycles. The van der Waals surface area contributed by atoms with E-state index in [1.165, 1.54) is 38.4 Å². The fourth-order valence-electron chi connectivity index (χ4n) is 16.5. The minimum atomic E-state index is -2.37. The number of aromatic hydroxyl groups is 3. The van der Waals surface area contributed by atoms with Gasteiger partial charge in [-0.05, 0) is 182 Å². The van der Waals surface area contributed by atoms with Gasteiger partial charge in [-0.15, -0.1) is 0 Å². The summed E-state index contributed by atoms with van der Waals surface area (Å²) >= 11 is 14.3. The summed E-state index contributed by atoms with van der Waals surface area (Å²) in [6.45, 7) is 3.58. The van der Waals surface area contributed by atoms with Gasteiger partial charge in [0.2, 0.25) is 59.3 Å². The second kappa shape index (κ2) is 34.3. The lowest BCUT2D eigenvalue weighted by Crippen LogP contribution is -2.60. The summed E-state index contributed by atoms with van der Waals surface area (Å²) < 4.78 is 30.8. The Morgan fingerprint density at radius 1 is 0.632 bits per heavy atom. The van der Waals surface area contributed by atoms with Crippen molar-refractivity contribution >= 4 is 82.2 Å². The summed E-state index contributed by atoms with van der Waals surface area (Å²) in [6.07, 6.45) is -9.66. The molecular weight excluding hydrogens is 1530 g/mol. The van der Waals surface area contributed by atoms with Crippen LogP contribution in [-0.2, 0) is 54.3 Å². The molecule has 6 aromatic rings. The Hall–Kier alpha value is -10.4. The summed E-state index contributed by atoms with van der Waals surface area (Å²) in [5.41, 5.74) is 4.90. The fourth-order valence-corrected chi connectivity index (χ4v) is 16.9. The Morgan fingerprint density at radius 2 is 1.25 bits per heavy atom. The van der Waals surface area contributed by atoms with Gasteiger partial charge in [0.15, 0.2) is 11.5 Å². The van der Waals surface area contributed by atoms with Gasteiger partial charge in [0.05, 0.1) is 29.1 Å². The molecule has 16 rings (SSSR count). The highest BCUT2D eigenvalue weighted by Gasteiger charge is 2.51. The molecule has 10 amide bonds. The summed E-state index contributed by atoms with van der Waals surface area (Å²) in [6, 6.07) is 5.47. The van der Waals surface area contributed by atoms with Crippen LogP contribution in [0.2, 0.25) is 10.0 Å². The Bertz CT molecular complexity index is 4700. The smallest absolute Gasteiger partial charge is 0.325 e. The number of phenolic OH excluding ortho intramolecular Hbond substituents is 3. The van der Waals surface area contributed by atoms with Crippen molar-refractivity contribution < 1.29 is 108 Å². The average Bonchev–Trinajstić information content (AvgIpc) is 0.759. The van der Waals surface area contributed by atoms with Crippen molar-refractivity contribution in [2.75, 3.05) is 32.6 Å². The van der Waals surface area contributed by atoms with Crippen LogP contribution in [-0.4, -0.2) is 182 Å². The first-order valence-corrected chi connectivity index (χ1v) is 38.1.